The monoisotopic (exact) mass is 337 g/mol. The summed E-state index contributed by atoms with van der Waals surface area (Å²) in [5, 5.41) is 13.8. The van der Waals surface area contributed by atoms with Gasteiger partial charge >= 0.3 is 0 Å². The summed E-state index contributed by atoms with van der Waals surface area (Å²) in [7, 11) is 3.72. The van der Waals surface area contributed by atoms with E-state index in [-0.39, 0.29) is 12.0 Å². The molecular formula is C17H31N5O2. The van der Waals surface area contributed by atoms with E-state index in [0.717, 1.165) is 31.6 Å². The van der Waals surface area contributed by atoms with Crippen LogP contribution in [0.1, 0.15) is 25.8 Å². The first-order chi connectivity index (χ1) is 11.4. The van der Waals surface area contributed by atoms with Crippen molar-refractivity contribution in [3.05, 3.63) is 18.0 Å². The van der Waals surface area contributed by atoms with Crippen molar-refractivity contribution in [2.45, 2.75) is 39.0 Å². The van der Waals surface area contributed by atoms with E-state index >= 15 is 0 Å². The van der Waals surface area contributed by atoms with Crippen LogP contribution >= 0.6 is 0 Å². The number of aliphatic hydroxyl groups is 1. The minimum Gasteiger partial charge on any atom is -0.392 e. The van der Waals surface area contributed by atoms with Gasteiger partial charge in [-0.1, -0.05) is 6.92 Å². The molecule has 136 valence electrons. The Morgan fingerprint density at radius 3 is 2.83 bits per heavy atom. The first kappa shape index (κ1) is 18.9. The smallest absolute Gasteiger partial charge is 0.236 e. The Balaban J connectivity index is 1.83. The van der Waals surface area contributed by atoms with Crippen LogP contribution in [0.25, 0.3) is 0 Å². The average molecular weight is 337 g/mol. The van der Waals surface area contributed by atoms with E-state index in [1.54, 1.807) is 15.8 Å². The second-order valence-electron chi connectivity index (χ2n) is 6.91. The van der Waals surface area contributed by atoms with Gasteiger partial charge in [-0.05, 0) is 13.3 Å². The third kappa shape index (κ3) is 5.29. The number of hydrogen-bond donors (Lipinski definition) is 1. The molecular weight excluding hydrogens is 306 g/mol. The zero-order valence-corrected chi connectivity index (χ0v) is 15.4. The molecule has 7 nitrogen and oxygen atoms in total. The molecule has 0 spiro atoms. The van der Waals surface area contributed by atoms with Crippen LogP contribution in [0.4, 0.5) is 0 Å². The Kier molecular flexibility index (Phi) is 6.77. The van der Waals surface area contributed by atoms with Crippen LogP contribution in [0.15, 0.2) is 12.4 Å². The first-order valence-corrected chi connectivity index (χ1v) is 8.75. The van der Waals surface area contributed by atoms with Gasteiger partial charge in [-0.2, -0.15) is 5.10 Å². The molecule has 0 unspecified atom stereocenters. The van der Waals surface area contributed by atoms with Crippen LogP contribution in [0, 0.1) is 0 Å². The number of likely N-dealkylation sites (N-methyl/N-ethyl adjacent to an activating group) is 1. The van der Waals surface area contributed by atoms with E-state index < -0.39 is 0 Å². The molecule has 0 bridgehead atoms. The third-order valence-corrected chi connectivity index (χ3v) is 4.62. The fraction of sp³-hybridized carbons (Fsp3) is 0.765. The molecule has 1 saturated heterocycles. The minimum atomic E-state index is -0.308. The summed E-state index contributed by atoms with van der Waals surface area (Å²) >= 11 is 0. The van der Waals surface area contributed by atoms with E-state index in [1.165, 1.54) is 0 Å². The quantitative estimate of drug-likeness (QED) is 0.768. The largest absolute Gasteiger partial charge is 0.392 e. The number of hydrogen-bond acceptors (Lipinski definition) is 5. The topological polar surface area (TPSA) is 64.8 Å². The number of aromatic nitrogens is 2. The Hall–Kier alpha value is -1.44. The maximum atomic E-state index is 12.5. The maximum absolute atomic E-state index is 12.5. The third-order valence-electron chi connectivity index (χ3n) is 4.62. The fourth-order valence-corrected chi connectivity index (χ4v) is 3.30. The van der Waals surface area contributed by atoms with Gasteiger partial charge in [0.1, 0.15) is 0 Å². The van der Waals surface area contributed by atoms with Crippen molar-refractivity contribution in [1.82, 2.24) is 24.5 Å². The molecule has 1 aliphatic heterocycles. The van der Waals surface area contributed by atoms with Gasteiger partial charge in [-0.25, -0.2) is 0 Å². The zero-order valence-electron chi connectivity index (χ0n) is 15.4. The molecule has 1 aromatic heterocycles. The van der Waals surface area contributed by atoms with Gasteiger partial charge in [-0.15, -0.1) is 0 Å². The molecule has 1 aliphatic rings. The average Bonchev–Trinajstić information content (AvgIpc) is 2.93. The minimum absolute atomic E-state index is 0.137. The Bertz CT molecular complexity index is 531. The van der Waals surface area contributed by atoms with Crippen molar-refractivity contribution in [2.24, 2.45) is 7.05 Å². The van der Waals surface area contributed by atoms with Crippen molar-refractivity contribution in [1.29, 1.82) is 0 Å². The summed E-state index contributed by atoms with van der Waals surface area (Å²) in [5.74, 6) is 0.137. The summed E-state index contributed by atoms with van der Waals surface area (Å²) < 4.78 is 1.75. The molecule has 0 aliphatic carbocycles. The van der Waals surface area contributed by atoms with Crippen LogP contribution in [0.2, 0.25) is 0 Å². The fourth-order valence-electron chi connectivity index (χ4n) is 3.30. The number of amides is 1. The highest BCUT2D eigenvalue weighted by molar-refractivity contribution is 5.78. The van der Waals surface area contributed by atoms with Crippen molar-refractivity contribution in [2.75, 3.05) is 39.8 Å². The van der Waals surface area contributed by atoms with Gasteiger partial charge in [0.05, 0.1) is 18.8 Å². The van der Waals surface area contributed by atoms with Gasteiger partial charge in [0.25, 0.3) is 0 Å². The summed E-state index contributed by atoms with van der Waals surface area (Å²) in [4.78, 5) is 18.8. The van der Waals surface area contributed by atoms with Crippen molar-refractivity contribution < 1.29 is 9.90 Å². The van der Waals surface area contributed by atoms with Crippen molar-refractivity contribution in [3.8, 4) is 0 Å². The van der Waals surface area contributed by atoms with E-state index in [0.29, 0.717) is 25.7 Å². The molecule has 1 N–H and O–H groups in total. The number of carbonyl (C=O) groups is 1. The molecule has 0 radical (unpaired) electrons. The lowest BCUT2D eigenvalue weighted by atomic mass is 10.1. The lowest BCUT2D eigenvalue weighted by Gasteiger charge is -2.41. The highest BCUT2D eigenvalue weighted by atomic mass is 16.3. The van der Waals surface area contributed by atoms with Crippen molar-refractivity contribution in [3.63, 3.8) is 0 Å². The van der Waals surface area contributed by atoms with Crippen molar-refractivity contribution >= 4 is 5.91 Å². The zero-order chi connectivity index (χ0) is 17.7. The number of carbonyl (C=O) groups excluding carboxylic acids is 1. The molecule has 0 aromatic carbocycles. The van der Waals surface area contributed by atoms with Gasteiger partial charge < -0.3 is 10.0 Å². The summed E-state index contributed by atoms with van der Waals surface area (Å²) in [5.41, 5.74) is 1.04. The summed E-state index contributed by atoms with van der Waals surface area (Å²) in [6, 6.07) is 0.407. The van der Waals surface area contributed by atoms with Crippen LogP contribution in [0.3, 0.4) is 0 Å². The molecule has 24 heavy (non-hydrogen) atoms. The lowest BCUT2D eigenvalue weighted by Crippen LogP contribution is -2.56. The molecule has 1 amide bonds. The van der Waals surface area contributed by atoms with Gasteiger partial charge in [-0.3, -0.25) is 19.3 Å². The second kappa shape index (κ2) is 8.60. The Labute approximate surface area is 144 Å². The number of aryl methyl sites for hydroxylation is 1. The normalized spacial score (nSPS) is 21.0. The van der Waals surface area contributed by atoms with Gasteiger partial charge in [0.15, 0.2) is 0 Å². The maximum Gasteiger partial charge on any atom is 0.236 e. The Morgan fingerprint density at radius 2 is 2.25 bits per heavy atom. The van der Waals surface area contributed by atoms with E-state index in [4.69, 9.17) is 0 Å². The number of β-amino-alcohol motifs (C(OH)–C–C–N with tert-alkyl or cyclic N) is 1. The Morgan fingerprint density at radius 1 is 1.50 bits per heavy atom. The van der Waals surface area contributed by atoms with Gasteiger partial charge in [0.2, 0.25) is 5.91 Å². The number of rotatable bonds is 7. The molecule has 1 aromatic rings. The standard InChI is InChI=1S/C17H31N5O2/c1-5-16-12-21(6-7-22(16)9-14(2)23)13-17(24)19(3)10-15-8-18-20(4)11-15/h8,11,14,16,23H,5-7,9-10,12-13H2,1-4H3/t14-,16-/m1/s1. The van der Waals surface area contributed by atoms with E-state index in [9.17, 15) is 9.90 Å². The predicted octanol–water partition coefficient (Wildman–Crippen LogP) is 0.156. The summed E-state index contributed by atoms with van der Waals surface area (Å²) in [6.07, 6.45) is 4.46. The molecule has 1 fully saturated rings. The van der Waals surface area contributed by atoms with E-state index in [2.05, 4.69) is 21.8 Å². The predicted molar refractivity (Wildman–Crippen MR) is 93.5 cm³/mol. The molecule has 0 saturated carbocycles. The molecule has 2 atom stereocenters. The van der Waals surface area contributed by atoms with Gasteiger partial charge in [0, 0.05) is 64.6 Å². The first-order valence-electron chi connectivity index (χ1n) is 8.75. The number of nitrogens with zero attached hydrogens (tertiary/aromatic N) is 5. The second-order valence-corrected chi connectivity index (χ2v) is 6.91. The molecule has 7 heteroatoms. The van der Waals surface area contributed by atoms with Crippen LogP contribution in [0.5, 0.6) is 0 Å². The highest BCUT2D eigenvalue weighted by Crippen LogP contribution is 2.14. The van der Waals surface area contributed by atoms with Crippen LogP contribution in [-0.2, 0) is 18.4 Å². The summed E-state index contributed by atoms with van der Waals surface area (Å²) in [6.45, 7) is 8.41. The van der Waals surface area contributed by atoms with E-state index in [1.807, 2.05) is 27.2 Å². The molecule has 2 rings (SSSR count). The SMILES string of the molecule is CC[C@@H]1CN(CC(=O)N(C)Cc2cnn(C)c2)CCN1C[C@@H](C)O. The molecule has 2 heterocycles. The van der Waals surface area contributed by atoms with Crippen LogP contribution < -0.4 is 0 Å². The lowest BCUT2D eigenvalue weighted by molar-refractivity contribution is -0.132. The number of piperazine rings is 1. The highest BCUT2D eigenvalue weighted by Gasteiger charge is 2.27. The number of aliphatic hydroxyl groups excluding tert-OH is 1. The van der Waals surface area contributed by atoms with Crippen LogP contribution in [-0.4, -0.2) is 87.4 Å².